The first-order valence-corrected chi connectivity index (χ1v) is 17.3. The fourth-order valence-electron chi connectivity index (χ4n) is 5.93. The van der Waals surface area contributed by atoms with Gasteiger partial charge in [-0.05, 0) is 44.9 Å². The van der Waals surface area contributed by atoms with Crippen LogP contribution in [0.15, 0.2) is 109 Å². The molecule has 0 atom stereocenters. The summed E-state index contributed by atoms with van der Waals surface area (Å²) in [4.78, 5) is 0. The standard InChI is InChI=1S/2C22H25.C3H6.2ClH.Hf/c2*1-15(2)16-9-11-17(12-10-16)20-8-6-7-18-13-19(14-21(18)20)22(3,4)5;1-3-2;;;/h2*6-15H,1-5H3;1-3H2;2*1H;/q2*-1;-2;;;+4. The largest absolute Gasteiger partial charge is 4.00 e. The van der Waals surface area contributed by atoms with Crippen molar-refractivity contribution in [2.24, 2.45) is 0 Å². The van der Waals surface area contributed by atoms with E-state index in [4.69, 9.17) is 0 Å². The molecular formula is C47H58Cl2Hf. The van der Waals surface area contributed by atoms with Crippen LogP contribution in [0.5, 0.6) is 0 Å². The summed E-state index contributed by atoms with van der Waals surface area (Å²) in [6.07, 6.45) is 0.750. The summed E-state index contributed by atoms with van der Waals surface area (Å²) >= 11 is 0. The van der Waals surface area contributed by atoms with Gasteiger partial charge in [0.05, 0.1) is 0 Å². The van der Waals surface area contributed by atoms with E-state index in [1.165, 1.54) is 66.1 Å². The van der Waals surface area contributed by atoms with Crippen LogP contribution in [0.4, 0.5) is 0 Å². The molecule has 0 unspecified atom stereocenters. The Morgan fingerprint density at radius 2 is 0.820 bits per heavy atom. The molecular weight excluding hydrogens is 814 g/mol. The van der Waals surface area contributed by atoms with Crippen LogP contribution in [0.25, 0.3) is 43.8 Å². The number of fused-ring (bicyclic) bond motifs is 2. The van der Waals surface area contributed by atoms with Gasteiger partial charge in [0, 0.05) is 0 Å². The molecule has 0 heterocycles. The van der Waals surface area contributed by atoms with Crippen LogP contribution in [-0.2, 0) is 36.7 Å². The van der Waals surface area contributed by atoms with Crippen molar-refractivity contribution in [3.8, 4) is 22.3 Å². The molecule has 3 heteroatoms. The Bertz CT molecular complexity index is 1730. The Balaban J connectivity index is 0.000000439. The van der Waals surface area contributed by atoms with Crippen molar-refractivity contribution >= 4 is 46.4 Å². The Morgan fingerprint density at radius 3 is 1.08 bits per heavy atom. The molecule has 0 N–H and O–H groups in total. The Labute approximate surface area is 335 Å². The average Bonchev–Trinajstić information content (AvgIpc) is 3.67. The van der Waals surface area contributed by atoms with E-state index >= 15 is 0 Å². The van der Waals surface area contributed by atoms with E-state index in [-0.39, 0.29) is 61.5 Å². The first-order valence-electron chi connectivity index (χ1n) is 17.3. The average molecular weight is 872 g/mol. The third-order valence-corrected chi connectivity index (χ3v) is 9.01. The van der Waals surface area contributed by atoms with Gasteiger partial charge in [-0.3, -0.25) is 0 Å². The van der Waals surface area contributed by atoms with Gasteiger partial charge in [0.1, 0.15) is 0 Å². The molecule has 0 amide bonds. The normalized spacial score (nSPS) is 11.2. The van der Waals surface area contributed by atoms with Gasteiger partial charge in [-0.25, -0.2) is 0 Å². The number of halogens is 2. The molecule has 50 heavy (non-hydrogen) atoms. The van der Waals surface area contributed by atoms with Crippen LogP contribution >= 0.6 is 24.8 Å². The predicted octanol–water partition coefficient (Wildman–Crippen LogP) is 15.2. The van der Waals surface area contributed by atoms with Gasteiger partial charge in [0.2, 0.25) is 0 Å². The summed E-state index contributed by atoms with van der Waals surface area (Å²) in [6.45, 7) is 29.4. The number of hydrogen-bond acceptors (Lipinski definition) is 0. The molecule has 0 aromatic heterocycles. The second-order valence-corrected chi connectivity index (χ2v) is 15.5. The van der Waals surface area contributed by atoms with E-state index in [1.54, 1.807) is 0 Å². The van der Waals surface area contributed by atoms with Crippen molar-refractivity contribution in [3.63, 3.8) is 0 Å². The monoisotopic (exact) mass is 872 g/mol. The fourth-order valence-corrected chi connectivity index (χ4v) is 5.93. The third kappa shape index (κ3) is 11.3. The molecule has 0 fully saturated rings. The molecule has 0 saturated heterocycles. The van der Waals surface area contributed by atoms with Crippen molar-refractivity contribution in [1.82, 2.24) is 0 Å². The molecule has 0 saturated carbocycles. The smallest absolute Gasteiger partial charge is 0.372 e. The molecule has 6 rings (SSSR count). The van der Waals surface area contributed by atoms with Crippen LogP contribution in [0.1, 0.15) is 110 Å². The van der Waals surface area contributed by atoms with Gasteiger partial charge < -0.3 is 20.3 Å². The van der Waals surface area contributed by atoms with Crippen LogP contribution in [0.2, 0.25) is 0 Å². The van der Waals surface area contributed by atoms with Crippen molar-refractivity contribution in [1.29, 1.82) is 0 Å². The maximum absolute atomic E-state index is 3.38. The van der Waals surface area contributed by atoms with E-state index in [9.17, 15) is 0 Å². The van der Waals surface area contributed by atoms with Crippen LogP contribution in [-0.4, -0.2) is 0 Å². The van der Waals surface area contributed by atoms with E-state index in [2.05, 4.69) is 192 Å². The molecule has 6 aromatic rings. The Morgan fingerprint density at radius 1 is 0.520 bits per heavy atom. The summed E-state index contributed by atoms with van der Waals surface area (Å²) in [7, 11) is 0. The van der Waals surface area contributed by atoms with Crippen molar-refractivity contribution in [2.45, 2.75) is 98.3 Å². The first-order chi connectivity index (χ1) is 22.1. The zero-order valence-electron chi connectivity index (χ0n) is 32.0. The molecule has 264 valence electrons. The quantitative estimate of drug-likeness (QED) is 0.122. The molecule has 0 spiro atoms. The van der Waals surface area contributed by atoms with Gasteiger partial charge in [-0.15, -0.1) is 93.9 Å². The minimum atomic E-state index is 0. The summed E-state index contributed by atoms with van der Waals surface area (Å²) in [5.41, 5.74) is 11.3. The zero-order chi connectivity index (χ0) is 34.5. The van der Waals surface area contributed by atoms with Crippen LogP contribution in [0, 0.1) is 13.8 Å². The Kier molecular flexibility index (Phi) is 17.7. The zero-order valence-corrected chi connectivity index (χ0v) is 37.2. The molecule has 0 aliphatic rings. The summed E-state index contributed by atoms with van der Waals surface area (Å²) in [6, 6.07) is 40.7. The van der Waals surface area contributed by atoms with E-state index in [0.717, 1.165) is 6.42 Å². The van der Waals surface area contributed by atoms with Gasteiger partial charge in [-0.1, -0.05) is 141 Å². The summed E-state index contributed by atoms with van der Waals surface area (Å²) in [5, 5.41) is 5.42. The van der Waals surface area contributed by atoms with Gasteiger partial charge >= 0.3 is 25.8 Å². The van der Waals surface area contributed by atoms with Crippen molar-refractivity contribution in [2.75, 3.05) is 0 Å². The van der Waals surface area contributed by atoms with Gasteiger partial charge in [0.25, 0.3) is 0 Å². The number of benzene rings is 4. The van der Waals surface area contributed by atoms with E-state index in [1.807, 2.05) is 0 Å². The summed E-state index contributed by atoms with van der Waals surface area (Å²) < 4.78 is 0. The van der Waals surface area contributed by atoms with E-state index < -0.39 is 0 Å². The first kappa shape index (κ1) is 45.6. The molecule has 0 nitrogen and oxygen atoms in total. The number of rotatable bonds is 4. The minimum absolute atomic E-state index is 0. The molecule has 0 radical (unpaired) electrons. The third-order valence-electron chi connectivity index (χ3n) is 9.01. The second-order valence-electron chi connectivity index (χ2n) is 15.5. The van der Waals surface area contributed by atoms with Crippen LogP contribution in [0.3, 0.4) is 0 Å². The molecule has 0 aliphatic heterocycles. The molecule has 6 aromatic carbocycles. The maximum atomic E-state index is 3.38. The molecule has 0 aliphatic carbocycles. The SMILES string of the molecule is CC(C)c1ccc(-c2cccc3[cH-]c(C(C)(C)C)cc23)cc1.CC(C)c1ccc(-c2cccc3[cH-]c(C(C)(C)C)cc23)cc1.Cl.Cl.[CH2-]C[CH2-].[Hf+4]. The van der Waals surface area contributed by atoms with E-state index in [0.29, 0.717) is 11.8 Å². The second kappa shape index (κ2) is 19.4. The molecule has 0 bridgehead atoms. The fraction of sp³-hybridized carbons (Fsp3) is 0.319. The Hall–Kier alpha value is -2.45. The van der Waals surface area contributed by atoms with Crippen molar-refractivity contribution in [3.05, 3.63) is 145 Å². The summed E-state index contributed by atoms with van der Waals surface area (Å²) in [5.74, 6) is 1.16. The topological polar surface area (TPSA) is 0 Å². The number of hydrogen-bond donors (Lipinski definition) is 0. The minimum Gasteiger partial charge on any atom is -0.372 e. The predicted molar refractivity (Wildman–Crippen MR) is 225 cm³/mol. The van der Waals surface area contributed by atoms with Crippen molar-refractivity contribution < 1.29 is 25.8 Å². The van der Waals surface area contributed by atoms with Gasteiger partial charge in [0.15, 0.2) is 0 Å². The van der Waals surface area contributed by atoms with Crippen LogP contribution < -0.4 is 0 Å². The maximum Gasteiger partial charge on any atom is 4.00 e. The van der Waals surface area contributed by atoms with Gasteiger partial charge in [-0.2, -0.15) is 12.1 Å².